The summed E-state index contributed by atoms with van der Waals surface area (Å²) in [6, 6.07) is 9.75. The summed E-state index contributed by atoms with van der Waals surface area (Å²) in [5.41, 5.74) is 1.59. The standard InChI is InChI=1S/C21H26N4O2/c26-21(18-6-3-5-17(15-18)20-22-8-4-9-23-20)25-10-2-1-7-19(25)16-24-11-13-27-14-12-24/h3-6,8-9,15,19H,1-2,7,10-14,16H2/t19-/m1/s1. The summed E-state index contributed by atoms with van der Waals surface area (Å²) in [7, 11) is 0. The minimum Gasteiger partial charge on any atom is -0.379 e. The molecule has 0 radical (unpaired) electrons. The van der Waals surface area contributed by atoms with Crippen molar-refractivity contribution in [1.29, 1.82) is 0 Å². The average molecular weight is 366 g/mol. The first-order chi connectivity index (χ1) is 13.3. The Morgan fingerprint density at radius 1 is 1.07 bits per heavy atom. The number of piperidine rings is 1. The summed E-state index contributed by atoms with van der Waals surface area (Å²) in [6.07, 6.45) is 6.79. The normalized spacial score (nSPS) is 21.2. The summed E-state index contributed by atoms with van der Waals surface area (Å²) < 4.78 is 5.45. The van der Waals surface area contributed by atoms with Crippen LogP contribution in [0.5, 0.6) is 0 Å². The number of rotatable bonds is 4. The third-order valence-corrected chi connectivity index (χ3v) is 5.39. The number of ether oxygens (including phenoxy) is 1. The second-order valence-corrected chi connectivity index (χ2v) is 7.21. The summed E-state index contributed by atoms with van der Waals surface area (Å²) in [5, 5.41) is 0. The highest BCUT2D eigenvalue weighted by molar-refractivity contribution is 5.95. The maximum Gasteiger partial charge on any atom is 0.254 e. The molecule has 6 nitrogen and oxygen atoms in total. The van der Waals surface area contributed by atoms with Crippen LogP contribution in [0.3, 0.4) is 0 Å². The molecule has 0 N–H and O–H groups in total. The first-order valence-corrected chi connectivity index (χ1v) is 9.80. The van der Waals surface area contributed by atoms with Gasteiger partial charge in [-0.15, -0.1) is 0 Å². The molecule has 2 fully saturated rings. The maximum absolute atomic E-state index is 13.3. The van der Waals surface area contributed by atoms with Gasteiger partial charge in [0.15, 0.2) is 5.82 Å². The minimum absolute atomic E-state index is 0.116. The van der Waals surface area contributed by atoms with Crippen molar-refractivity contribution < 1.29 is 9.53 Å². The second-order valence-electron chi connectivity index (χ2n) is 7.21. The van der Waals surface area contributed by atoms with Gasteiger partial charge in [-0.3, -0.25) is 9.69 Å². The Bertz CT molecular complexity index is 762. The third-order valence-electron chi connectivity index (χ3n) is 5.39. The van der Waals surface area contributed by atoms with Gasteiger partial charge >= 0.3 is 0 Å². The highest BCUT2D eigenvalue weighted by Gasteiger charge is 2.29. The lowest BCUT2D eigenvalue weighted by atomic mass is 9.99. The summed E-state index contributed by atoms with van der Waals surface area (Å²) in [4.78, 5) is 26.4. The van der Waals surface area contributed by atoms with Gasteiger partial charge in [-0.2, -0.15) is 0 Å². The van der Waals surface area contributed by atoms with E-state index < -0.39 is 0 Å². The summed E-state index contributed by atoms with van der Waals surface area (Å²) in [5.74, 6) is 0.765. The van der Waals surface area contributed by atoms with E-state index in [4.69, 9.17) is 4.74 Å². The Morgan fingerprint density at radius 3 is 2.70 bits per heavy atom. The van der Waals surface area contributed by atoms with Crippen molar-refractivity contribution in [3.63, 3.8) is 0 Å². The highest BCUT2D eigenvalue weighted by atomic mass is 16.5. The van der Waals surface area contributed by atoms with Crippen molar-refractivity contribution in [2.45, 2.75) is 25.3 Å². The molecule has 1 aromatic carbocycles. The molecule has 0 unspecified atom stereocenters. The van der Waals surface area contributed by atoms with Crippen LogP contribution in [0.4, 0.5) is 0 Å². The molecule has 3 heterocycles. The van der Waals surface area contributed by atoms with E-state index in [9.17, 15) is 4.79 Å². The van der Waals surface area contributed by atoms with Gasteiger partial charge in [0.2, 0.25) is 0 Å². The number of aromatic nitrogens is 2. The van der Waals surface area contributed by atoms with Gasteiger partial charge < -0.3 is 9.64 Å². The molecule has 1 atom stereocenters. The number of amides is 1. The minimum atomic E-state index is 0.116. The first kappa shape index (κ1) is 18.1. The first-order valence-electron chi connectivity index (χ1n) is 9.80. The number of nitrogens with zero attached hydrogens (tertiary/aromatic N) is 4. The Hall–Kier alpha value is -2.31. The lowest BCUT2D eigenvalue weighted by Crippen LogP contribution is -2.51. The molecule has 1 amide bonds. The monoisotopic (exact) mass is 366 g/mol. The lowest BCUT2D eigenvalue weighted by molar-refractivity contribution is 0.0166. The number of likely N-dealkylation sites (tertiary alicyclic amines) is 1. The van der Waals surface area contributed by atoms with Crippen LogP contribution in [0.25, 0.3) is 11.4 Å². The molecule has 2 saturated heterocycles. The molecule has 27 heavy (non-hydrogen) atoms. The van der Waals surface area contributed by atoms with Crippen LogP contribution in [0, 0.1) is 0 Å². The topological polar surface area (TPSA) is 58.6 Å². The quantitative estimate of drug-likeness (QED) is 0.832. The van der Waals surface area contributed by atoms with Gasteiger partial charge in [-0.05, 0) is 37.5 Å². The fourth-order valence-electron chi connectivity index (χ4n) is 3.94. The van der Waals surface area contributed by atoms with Gasteiger partial charge in [-0.25, -0.2) is 9.97 Å². The van der Waals surface area contributed by atoms with Crippen LogP contribution in [0.15, 0.2) is 42.7 Å². The van der Waals surface area contributed by atoms with Crippen molar-refractivity contribution in [3.05, 3.63) is 48.3 Å². The molecular weight excluding hydrogens is 340 g/mol. The molecule has 0 bridgehead atoms. The van der Waals surface area contributed by atoms with E-state index in [0.29, 0.717) is 11.4 Å². The van der Waals surface area contributed by atoms with Crippen LogP contribution in [-0.2, 0) is 4.74 Å². The van der Waals surface area contributed by atoms with Crippen LogP contribution >= 0.6 is 0 Å². The SMILES string of the molecule is O=C(c1cccc(-c2ncccn2)c1)N1CCCC[C@@H]1CN1CCOCC1. The molecule has 4 rings (SSSR count). The van der Waals surface area contributed by atoms with Crippen molar-refractivity contribution in [2.24, 2.45) is 0 Å². The van der Waals surface area contributed by atoms with Gasteiger partial charge in [0.1, 0.15) is 0 Å². The molecule has 2 aliphatic rings. The molecule has 1 aromatic heterocycles. The fourth-order valence-corrected chi connectivity index (χ4v) is 3.94. The van der Waals surface area contributed by atoms with E-state index in [0.717, 1.165) is 57.8 Å². The molecule has 142 valence electrons. The zero-order chi connectivity index (χ0) is 18.5. The van der Waals surface area contributed by atoms with E-state index in [1.807, 2.05) is 24.3 Å². The smallest absolute Gasteiger partial charge is 0.254 e. The van der Waals surface area contributed by atoms with E-state index in [1.54, 1.807) is 18.5 Å². The van der Waals surface area contributed by atoms with Gasteiger partial charge in [0.25, 0.3) is 5.91 Å². The van der Waals surface area contributed by atoms with Crippen LogP contribution in [-0.4, -0.2) is 71.1 Å². The number of carbonyl (C=O) groups excluding carboxylic acids is 1. The summed E-state index contributed by atoms with van der Waals surface area (Å²) in [6.45, 7) is 5.27. The molecule has 0 saturated carbocycles. The molecule has 2 aliphatic heterocycles. The van der Waals surface area contributed by atoms with Crippen LogP contribution < -0.4 is 0 Å². The number of morpholine rings is 1. The summed E-state index contributed by atoms with van der Waals surface area (Å²) >= 11 is 0. The van der Waals surface area contributed by atoms with E-state index in [1.165, 1.54) is 6.42 Å². The van der Waals surface area contributed by atoms with Crippen LogP contribution in [0.2, 0.25) is 0 Å². The Morgan fingerprint density at radius 2 is 1.89 bits per heavy atom. The predicted molar refractivity (Wildman–Crippen MR) is 103 cm³/mol. The zero-order valence-corrected chi connectivity index (χ0v) is 15.6. The zero-order valence-electron chi connectivity index (χ0n) is 15.6. The van der Waals surface area contributed by atoms with Gasteiger partial charge in [0, 0.05) is 55.7 Å². The molecule has 0 spiro atoms. The average Bonchev–Trinajstić information content (AvgIpc) is 2.75. The molecule has 0 aliphatic carbocycles. The van der Waals surface area contributed by atoms with Crippen molar-refractivity contribution in [2.75, 3.05) is 39.4 Å². The maximum atomic E-state index is 13.3. The van der Waals surface area contributed by atoms with Crippen molar-refractivity contribution >= 4 is 5.91 Å². The Labute approximate surface area is 160 Å². The lowest BCUT2D eigenvalue weighted by Gasteiger charge is -2.39. The second kappa shape index (κ2) is 8.59. The fraction of sp³-hybridized carbons (Fsp3) is 0.476. The predicted octanol–water partition coefficient (Wildman–Crippen LogP) is 2.47. The van der Waals surface area contributed by atoms with E-state index in [-0.39, 0.29) is 11.9 Å². The van der Waals surface area contributed by atoms with Crippen LogP contribution in [0.1, 0.15) is 29.6 Å². The van der Waals surface area contributed by atoms with E-state index >= 15 is 0 Å². The third kappa shape index (κ3) is 4.34. The largest absolute Gasteiger partial charge is 0.379 e. The van der Waals surface area contributed by atoms with Crippen molar-refractivity contribution in [3.8, 4) is 11.4 Å². The molecular formula is C21H26N4O2. The highest BCUT2D eigenvalue weighted by Crippen LogP contribution is 2.23. The Kier molecular flexibility index (Phi) is 5.75. The van der Waals surface area contributed by atoms with Gasteiger partial charge in [0.05, 0.1) is 13.2 Å². The molecule has 2 aromatic rings. The Balaban J connectivity index is 1.51. The number of hydrogen-bond donors (Lipinski definition) is 0. The number of carbonyl (C=O) groups is 1. The van der Waals surface area contributed by atoms with Gasteiger partial charge in [-0.1, -0.05) is 12.1 Å². The number of benzene rings is 1. The number of hydrogen-bond acceptors (Lipinski definition) is 5. The molecule has 6 heteroatoms. The van der Waals surface area contributed by atoms with Crippen molar-refractivity contribution in [1.82, 2.24) is 19.8 Å². The van der Waals surface area contributed by atoms with E-state index in [2.05, 4.69) is 19.8 Å².